The molecular weight excluding hydrogens is 297 g/mol. The van der Waals surface area contributed by atoms with E-state index in [1.165, 1.54) is 0 Å². The maximum absolute atomic E-state index is 12.6. The van der Waals surface area contributed by atoms with Gasteiger partial charge in [0.25, 0.3) is 0 Å². The first kappa shape index (κ1) is 18.8. The number of amides is 2. The standard InChI is InChI=1S/C15H25F3N2O2/c1-10(2)8-19(9-11(3)4)13(21)12-6-5-7-20(12)14(22)15(16,17)18/h10-12H,5-9H2,1-4H3. The molecule has 0 spiro atoms. The van der Waals surface area contributed by atoms with E-state index in [1.807, 2.05) is 27.7 Å². The summed E-state index contributed by atoms with van der Waals surface area (Å²) >= 11 is 0. The SMILES string of the molecule is CC(C)CN(CC(C)C)C(=O)C1CCCN1C(=O)C(F)(F)F. The smallest absolute Gasteiger partial charge is 0.340 e. The summed E-state index contributed by atoms with van der Waals surface area (Å²) < 4.78 is 37.9. The molecule has 0 aromatic rings. The third kappa shape index (κ3) is 4.88. The monoisotopic (exact) mass is 322 g/mol. The molecule has 1 aliphatic heterocycles. The highest BCUT2D eigenvalue weighted by molar-refractivity contribution is 5.90. The first-order chi connectivity index (χ1) is 10.0. The Morgan fingerprint density at radius 3 is 2.05 bits per heavy atom. The summed E-state index contributed by atoms with van der Waals surface area (Å²) in [6, 6.07) is -0.980. The van der Waals surface area contributed by atoms with Crippen molar-refractivity contribution in [2.24, 2.45) is 11.8 Å². The second-order valence-corrected chi connectivity index (χ2v) is 6.69. The fourth-order valence-electron chi connectivity index (χ4n) is 2.78. The molecule has 0 aromatic heterocycles. The summed E-state index contributed by atoms with van der Waals surface area (Å²) in [5.41, 5.74) is 0. The molecule has 7 heteroatoms. The maximum Gasteiger partial charge on any atom is 0.471 e. The van der Waals surface area contributed by atoms with Crippen LogP contribution in [0.25, 0.3) is 0 Å². The molecule has 2 amide bonds. The van der Waals surface area contributed by atoms with Gasteiger partial charge in [0.05, 0.1) is 0 Å². The molecule has 1 rings (SSSR count). The number of hydrogen-bond donors (Lipinski definition) is 0. The summed E-state index contributed by atoms with van der Waals surface area (Å²) in [6.45, 7) is 8.78. The molecule has 22 heavy (non-hydrogen) atoms. The van der Waals surface area contributed by atoms with Gasteiger partial charge in [-0.05, 0) is 24.7 Å². The van der Waals surface area contributed by atoms with Crippen LogP contribution in [0.1, 0.15) is 40.5 Å². The Hall–Kier alpha value is -1.27. The van der Waals surface area contributed by atoms with E-state index in [4.69, 9.17) is 0 Å². The predicted octanol–water partition coefficient (Wildman–Crippen LogP) is 2.68. The maximum atomic E-state index is 12.6. The average Bonchev–Trinajstić information content (AvgIpc) is 2.82. The third-order valence-corrected chi connectivity index (χ3v) is 3.52. The molecule has 1 atom stereocenters. The zero-order chi connectivity index (χ0) is 17.1. The fourth-order valence-corrected chi connectivity index (χ4v) is 2.78. The molecular formula is C15H25F3N2O2. The molecule has 4 nitrogen and oxygen atoms in total. The van der Waals surface area contributed by atoms with Crippen LogP contribution in [-0.4, -0.2) is 53.5 Å². The van der Waals surface area contributed by atoms with Crippen molar-refractivity contribution >= 4 is 11.8 Å². The molecule has 0 aliphatic carbocycles. The van der Waals surface area contributed by atoms with Gasteiger partial charge in [0, 0.05) is 19.6 Å². The van der Waals surface area contributed by atoms with E-state index in [0.29, 0.717) is 30.8 Å². The minimum Gasteiger partial charge on any atom is -0.340 e. The van der Waals surface area contributed by atoms with Crippen LogP contribution in [0, 0.1) is 11.8 Å². The van der Waals surface area contributed by atoms with Gasteiger partial charge >= 0.3 is 12.1 Å². The Labute approximate surface area is 129 Å². The quantitative estimate of drug-likeness (QED) is 0.781. The van der Waals surface area contributed by atoms with Crippen LogP contribution in [0.15, 0.2) is 0 Å². The normalized spacial score (nSPS) is 19.1. The molecule has 1 saturated heterocycles. The van der Waals surface area contributed by atoms with Gasteiger partial charge in [0.2, 0.25) is 5.91 Å². The van der Waals surface area contributed by atoms with Gasteiger partial charge in [-0.15, -0.1) is 0 Å². The number of carbonyl (C=O) groups is 2. The van der Waals surface area contributed by atoms with Crippen LogP contribution in [-0.2, 0) is 9.59 Å². The van der Waals surface area contributed by atoms with Crippen molar-refractivity contribution in [1.29, 1.82) is 0 Å². The molecule has 1 unspecified atom stereocenters. The summed E-state index contributed by atoms with van der Waals surface area (Å²) in [6.07, 6.45) is -4.20. The molecule has 0 bridgehead atoms. The average molecular weight is 322 g/mol. The lowest BCUT2D eigenvalue weighted by atomic mass is 10.1. The van der Waals surface area contributed by atoms with Gasteiger partial charge in [-0.2, -0.15) is 13.2 Å². The van der Waals surface area contributed by atoms with Crippen molar-refractivity contribution in [3.63, 3.8) is 0 Å². The Bertz CT molecular complexity index is 398. The zero-order valence-electron chi connectivity index (χ0n) is 13.6. The Balaban J connectivity index is 2.89. The van der Waals surface area contributed by atoms with Crippen LogP contribution in [0.4, 0.5) is 13.2 Å². The van der Waals surface area contributed by atoms with Crippen molar-refractivity contribution in [2.75, 3.05) is 19.6 Å². The lowest BCUT2D eigenvalue weighted by Crippen LogP contribution is -2.52. The molecule has 128 valence electrons. The van der Waals surface area contributed by atoms with Crippen molar-refractivity contribution in [1.82, 2.24) is 9.80 Å². The number of rotatable bonds is 5. The van der Waals surface area contributed by atoms with E-state index < -0.39 is 18.1 Å². The molecule has 1 heterocycles. The fraction of sp³-hybridized carbons (Fsp3) is 0.867. The molecule has 0 saturated carbocycles. The summed E-state index contributed by atoms with van der Waals surface area (Å²) in [5.74, 6) is -1.83. The Kier molecular flexibility index (Phi) is 6.26. The van der Waals surface area contributed by atoms with E-state index in [0.717, 1.165) is 0 Å². The van der Waals surface area contributed by atoms with Crippen LogP contribution in [0.5, 0.6) is 0 Å². The highest BCUT2D eigenvalue weighted by Crippen LogP contribution is 2.27. The van der Waals surface area contributed by atoms with E-state index in [-0.39, 0.29) is 24.3 Å². The minimum absolute atomic E-state index is 0.00799. The number of likely N-dealkylation sites (tertiary alicyclic amines) is 1. The molecule has 1 fully saturated rings. The topological polar surface area (TPSA) is 40.6 Å². The van der Waals surface area contributed by atoms with Crippen molar-refractivity contribution < 1.29 is 22.8 Å². The number of carbonyl (C=O) groups excluding carboxylic acids is 2. The molecule has 0 radical (unpaired) electrons. The highest BCUT2D eigenvalue weighted by atomic mass is 19.4. The first-order valence-electron chi connectivity index (χ1n) is 7.70. The number of alkyl halides is 3. The van der Waals surface area contributed by atoms with Gasteiger partial charge < -0.3 is 9.80 Å². The summed E-state index contributed by atoms with van der Waals surface area (Å²) in [4.78, 5) is 26.4. The van der Waals surface area contributed by atoms with E-state index in [2.05, 4.69) is 0 Å². The predicted molar refractivity (Wildman–Crippen MR) is 77.0 cm³/mol. The van der Waals surface area contributed by atoms with Gasteiger partial charge in [0.15, 0.2) is 0 Å². The van der Waals surface area contributed by atoms with Gasteiger partial charge in [-0.1, -0.05) is 27.7 Å². The molecule has 0 N–H and O–H groups in total. The van der Waals surface area contributed by atoms with Crippen LogP contribution in [0.3, 0.4) is 0 Å². The number of halogens is 3. The summed E-state index contributed by atoms with van der Waals surface area (Å²) in [5, 5.41) is 0. The highest BCUT2D eigenvalue weighted by Gasteiger charge is 2.48. The van der Waals surface area contributed by atoms with Crippen LogP contribution >= 0.6 is 0 Å². The van der Waals surface area contributed by atoms with E-state index in [1.54, 1.807) is 4.90 Å². The summed E-state index contributed by atoms with van der Waals surface area (Å²) in [7, 11) is 0. The molecule has 1 aliphatic rings. The van der Waals surface area contributed by atoms with Crippen LogP contribution in [0.2, 0.25) is 0 Å². The first-order valence-corrected chi connectivity index (χ1v) is 7.70. The van der Waals surface area contributed by atoms with Gasteiger partial charge in [0.1, 0.15) is 6.04 Å². The zero-order valence-corrected chi connectivity index (χ0v) is 13.6. The Morgan fingerprint density at radius 1 is 1.14 bits per heavy atom. The van der Waals surface area contributed by atoms with Gasteiger partial charge in [-0.25, -0.2) is 0 Å². The van der Waals surface area contributed by atoms with Crippen molar-refractivity contribution in [3.8, 4) is 0 Å². The minimum atomic E-state index is -4.93. The Morgan fingerprint density at radius 2 is 1.64 bits per heavy atom. The lowest BCUT2D eigenvalue weighted by Gasteiger charge is -2.32. The number of nitrogens with zero attached hydrogens (tertiary/aromatic N) is 2. The molecule has 0 aromatic carbocycles. The largest absolute Gasteiger partial charge is 0.471 e. The van der Waals surface area contributed by atoms with E-state index in [9.17, 15) is 22.8 Å². The van der Waals surface area contributed by atoms with Crippen LogP contribution < -0.4 is 0 Å². The second kappa shape index (κ2) is 7.33. The van der Waals surface area contributed by atoms with E-state index >= 15 is 0 Å². The third-order valence-electron chi connectivity index (χ3n) is 3.52. The number of hydrogen-bond acceptors (Lipinski definition) is 2. The van der Waals surface area contributed by atoms with Gasteiger partial charge in [-0.3, -0.25) is 9.59 Å². The second-order valence-electron chi connectivity index (χ2n) is 6.69. The lowest BCUT2D eigenvalue weighted by molar-refractivity contribution is -0.187. The van der Waals surface area contributed by atoms with Crippen molar-refractivity contribution in [2.45, 2.75) is 52.8 Å². The van der Waals surface area contributed by atoms with Crippen molar-refractivity contribution in [3.05, 3.63) is 0 Å².